The molecule has 0 aromatic heterocycles. The summed E-state index contributed by atoms with van der Waals surface area (Å²) < 4.78 is 5.74. The Morgan fingerprint density at radius 1 is 0.889 bits per heavy atom. The van der Waals surface area contributed by atoms with Crippen LogP contribution >= 0.6 is 11.6 Å². The van der Waals surface area contributed by atoms with Crippen molar-refractivity contribution < 1.29 is 9.53 Å². The van der Waals surface area contributed by atoms with Gasteiger partial charge in [0, 0.05) is 36.9 Å². The fourth-order valence-electron chi connectivity index (χ4n) is 4.94. The second-order valence-electron chi connectivity index (χ2n) is 10.8. The van der Waals surface area contributed by atoms with E-state index in [1.165, 1.54) is 11.1 Å². The van der Waals surface area contributed by atoms with Gasteiger partial charge in [0.05, 0.1) is 0 Å². The number of carbonyl (C=O) groups is 1. The molecule has 1 heterocycles. The minimum Gasteiger partial charge on any atom is -0.444 e. The van der Waals surface area contributed by atoms with E-state index in [1.807, 2.05) is 43.9 Å². The number of ether oxygens (including phenoxy) is 1. The van der Waals surface area contributed by atoms with Crippen molar-refractivity contribution in [3.05, 3.63) is 101 Å². The molecule has 3 aromatic rings. The lowest BCUT2D eigenvalue weighted by molar-refractivity contribution is 0.0284. The quantitative estimate of drug-likeness (QED) is 0.319. The highest BCUT2D eigenvalue weighted by atomic mass is 35.5. The standard InChI is InChI=1S/C31H37ClN2O2/c1-31(2,3)36-30(35)34-21-26(15-14-24-10-6-4-7-11-24)27(23-34)22-33(20-25-12-8-5-9-13-25)29-18-16-28(32)17-19-29/h4-13,16-19,26-27H,14-15,20-23H2,1-3H3/t26-,27-/m0/s1. The van der Waals surface area contributed by atoms with Gasteiger partial charge in [0.2, 0.25) is 0 Å². The first-order valence-corrected chi connectivity index (χ1v) is 13.2. The Balaban J connectivity index is 1.54. The number of carbonyl (C=O) groups excluding carboxylic acids is 1. The van der Waals surface area contributed by atoms with Crippen LogP contribution < -0.4 is 4.90 Å². The van der Waals surface area contributed by atoms with Crippen LogP contribution in [0.25, 0.3) is 0 Å². The molecule has 0 radical (unpaired) electrons. The van der Waals surface area contributed by atoms with Crippen LogP contribution in [0.3, 0.4) is 0 Å². The molecule has 0 unspecified atom stereocenters. The van der Waals surface area contributed by atoms with E-state index in [9.17, 15) is 4.79 Å². The number of hydrogen-bond acceptors (Lipinski definition) is 3. The highest BCUT2D eigenvalue weighted by Crippen LogP contribution is 2.32. The van der Waals surface area contributed by atoms with Crippen LogP contribution in [0.4, 0.5) is 10.5 Å². The van der Waals surface area contributed by atoms with Gasteiger partial charge in [-0.1, -0.05) is 72.3 Å². The number of nitrogens with zero attached hydrogens (tertiary/aromatic N) is 2. The normalized spacial score (nSPS) is 17.7. The van der Waals surface area contributed by atoms with Gasteiger partial charge in [-0.25, -0.2) is 4.79 Å². The molecule has 1 aliphatic rings. The topological polar surface area (TPSA) is 32.8 Å². The summed E-state index contributed by atoms with van der Waals surface area (Å²) >= 11 is 6.20. The summed E-state index contributed by atoms with van der Waals surface area (Å²) in [5.41, 5.74) is 3.24. The zero-order valence-electron chi connectivity index (χ0n) is 21.6. The molecule has 190 valence electrons. The fraction of sp³-hybridized carbons (Fsp3) is 0.387. The minimum absolute atomic E-state index is 0.212. The monoisotopic (exact) mass is 504 g/mol. The predicted molar refractivity (Wildman–Crippen MR) is 148 cm³/mol. The highest BCUT2D eigenvalue weighted by molar-refractivity contribution is 6.30. The van der Waals surface area contributed by atoms with Crippen LogP contribution in [0.2, 0.25) is 5.02 Å². The first kappa shape index (κ1) is 26.1. The summed E-state index contributed by atoms with van der Waals surface area (Å²) in [7, 11) is 0. The number of benzene rings is 3. The summed E-state index contributed by atoms with van der Waals surface area (Å²) in [5.74, 6) is 0.726. The van der Waals surface area contributed by atoms with Gasteiger partial charge in [0.25, 0.3) is 0 Å². The van der Waals surface area contributed by atoms with Crippen molar-refractivity contribution in [3.8, 4) is 0 Å². The van der Waals surface area contributed by atoms with E-state index >= 15 is 0 Å². The number of halogens is 1. The first-order chi connectivity index (χ1) is 17.3. The molecule has 2 atom stereocenters. The first-order valence-electron chi connectivity index (χ1n) is 12.8. The molecule has 1 aliphatic heterocycles. The SMILES string of the molecule is CC(C)(C)OC(=O)N1C[C@H](CN(Cc2ccccc2)c2ccc(Cl)cc2)[C@@H](CCc2ccccc2)C1. The Hall–Kier alpha value is -2.98. The lowest BCUT2D eigenvalue weighted by Gasteiger charge is -2.30. The molecule has 0 bridgehead atoms. The second-order valence-corrected chi connectivity index (χ2v) is 11.2. The largest absolute Gasteiger partial charge is 0.444 e. The third kappa shape index (κ3) is 7.51. The molecule has 4 rings (SSSR count). The average Bonchev–Trinajstić information content (AvgIpc) is 3.26. The predicted octanol–water partition coefficient (Wildman–Crippen LogP) is 7.46. The van der Waals surface area contributed by atoms with Crippen LogP contribution in [0.5, 0.6) is 0 Å². The molecule has 0 spiro atoms. The molecule has 0 saturated carbocycles. The van der Waals surface area contributed by atoms with Crippen molar-refractivity contribution in [1.29, 1.82) is 0 Å². The maximum Gasteiger partial charge on any atom is 0.410 e. The van der Waals surface area contributed by atoms with Crippen molar-refractivity contribution in [1.82, 2.24) is 4.90 Å². The lowest BCUT2D eigenvalue weighted by atomic mass is 9.89. The fourth-order valence-corrected chi connectivity index (χ4v) is 5.07. The van der Waals surface area contributed by atoms with E-state index in [-0.39, 0.29) is 6.09 Å². The molecular formula is C31H37ClN2O2. The van der Waals surface area contributed by atoms with E-state index in [4.69, 9.17) is 16.3 Å². The molecule has 1 fully saturated rings. The summed E-state index contributed by atoms with van der Waals surface area (Å²) in [5, 5.41) is 0.733. The summed E-state index contributed by atoms with van der Waals surface area (Å²) in [4.78, 5) is 17.3. The van der Waals surface area contributed by atoms with Crippen molar-refractivity contribution >= 4 is 23.4 Å². The zero-order chi connectivity index (χ0) is 25.5. The van der Waals surface area contributed by atoms with Crippen LogP contribution in [-0.2, 0) is 17.7 Å². The van der Waals surface area contributed by atoms with Gasteiger partial charge in [0.15, 0.2) is 0 Å². The number of rotatable bonds is 8. The molecule has 0 aliphatic carbocycles. The number of aryl methyl sites for hydroxylation is 1. The van der Waals surface area contributed by atoms with Gasteiger partial charge >= 0.3 is 6.09 Å². The van der Waals surface area contributed by atoms with Gasteiger partial charge in [-0.15, -0.1) is 0 Å². The van der Waals surface area contributed by atoms with Crippen LogP contribution in [0.1, 0.15) is 38.3 Å². The molecule has 1 amide bonds. The van der Waals surface area contributed by atoms with E-state index in [0.717, 1.165) is 43.2 Å². The van der Waals surface area contributed by atoms with E-state index in [1.54, 1.807) is 0 Å². The number of likely N-dealkylation sites (tertiary alicyclic amines) is 1. The minimum atomic E-state index is -0.503. The lowest BCUT2D eigenvalue weighted by Crippen LogP contribution is -2.36. The maximum atomic E-state index is 13.0. The Kier molecular flexibility index (Phi) is 8.58. The van der Waals surface area contributed by atoms with Gasteiger partial charge in [-0.2, -0.15) is 0 Å². The van der Waals surface area contributed by atoms with Crippen LogP contribution in [0, 0.1) is 11.8 Å². The summed E-state index contributed by atoms with van der Waals surface area (Å²) in [6.07, 6.45) is 1.83. The maximum absolute atomic E-state index is 13.0. The van der Waals surface area contributed by atoms with E-state index in [2.05, 4.69) is 71.6 Å². The zero-order valence-corrected chi connectivity index (χ0v) is 22.3. The van der Waals surface area contributed by atoms with Gasteiger partial charge in [-0.3, -0.25) is 0 Å². The van der Waals surface area contributed by atoms with Gasteiger partial charge in [0.1, 0.15) is 5.60 Å². The molecule has 4 nitrogen and oxygen atoms in total. The third-order valence-electron chi connectivity index (χ3n) is 6.74. The van der Waals surface area contributed by atoms with Crippen LogP contribution in [-0.4, -0.2) is 36.2 Å². The van der Waals surface area contributed by atoms with Gasteiger partial charge in [-0.05, 0) is 80.8 Å². The van der Waals surface area contributed by atoms with Crippen LogP contribution in [0.15, 0.2) is 84.9 Å². The Bertz CT molecular complexity index is 1100. The average molecular weight is 505 g/mol. The molecule has 1 saturated heterocycles. The number of hydrogen-bond donors (Lipinski definition) is 0. The number of amides is 1. The van der Waals surface area contributed by atoms with Gasteiger partial charge < -0.3 is 14.5 Å². The van der Waals surface area contributed by atoms with Crippen molar-refractivity contribution in [2.45, 2.75) is 45.8 Å². The van der Waals surface area contributed by atoms with E-state index in [0.29, 0.717) is 18.4 Å². The van der Waals surface area contributed by atoms with Crippen molar-refractivity contribution in [2.24, 2.45) is 11.8 Å². The van der Waals surface area contributed by atoms with Crippen molar-refractivity contribution in [2.75, 3.05) is 24.5 Å². The Morgan fingerprint density at radius 3 is 2.08 bits per heavy atom. The Morgan fingerprint density at radius 2 is 1.47 bits per heavy atom. The highest BCUT2D eigenvalue weighted by Gasteiger charge is 2.37. The summed E-state index contributed by atoms with van der Waals surface area (Å²) in [6, 6.07) is 29.2. The molecule has 0 N–H and O–H groups in total. The van der Waals surface area contributed by atoms with Crippen molar-refractivity contribution in [3.63, 3.8) is 0 Å². The summed E-state index contributed by atoms with van der Waals surface area (Å²) in [6.45, 7) is 8.86. The molecule has 36 heavy (non-hydrogen) atoms. The van der Waals surface area contributed by atoms with E-state index < -0.39 is 5.60 Å². The molecular weight excluding hydrogens is 468 g/mol. The smallest absolute Gasteiger partial charge is 0.410 e. The second kappa shape index (κ2) is 11.8. The molecule has 3 aromatic carbocycles. The third-order valence-corrected chi connectivity index (χ3v) is 6.99. The number of anilines is 1. The Labute approximate surface area is 220 Å². The molecule has 5 heteroatoms.